The van der Waals surface area contributed by atoms with Crippen LogP contribution in [0.1, 0.15) is 43.4 Å². The predicted octanol–water partition coefficient (Wildman–Crippen LogP) is 3.55. The van der Waals surface area contributed by atoms with Crippen LogP contribution in [0.25, 0.3) is 0 Å². The summed E-state index contributed by atoms with van der Waals surface area (Å²) in [4.78, 5) is 26.5. The number of aromatic nitrogens is 2. The van der Waals surface area contributed by atoms with Crippen LogP contribution in [0.15, 0.2) is 24.3 Å². The highest BCUT2D eigenvalue weighted by Gasteiger charge is 2.30. The van der Waals surface area contributed by atoms with Crippen LogP contribution in [0.2, 0.25) is 0 Å². The smallest absolute Gasteiger partial charge is 0.322 e. The summed E-state index contributed by atoms with van der Waals surface area (Å²) in [6, 6.07) is 7.94. The molecular weight excluding hydrogens is 378 g/mol. The molecule has 0 saturated carbocycles. The van der Waals surface area contributed by atoms with Gasteiger partial charge in [0.05, 0.1) is 24.4 Å². The van der Waals surface area contributed by atoms with E-state index in [0.29, 0.717) is 13.1 Å². The van der Waals surface area contributed by atoms with E-state index in [1.807, 2.05) is 24.0 Å². The molecule has 2 atom stereocenters. The van der Waals surface area contributed by atoms with Gasteiger partial charge in [-0.3, -0.25) is 0 Å². The maximum absolute atomic E-state index is 12.9. The van der Waals surface area contributed by atoms with Crippen LogP contribution >= 0.6 is 0 Å². The molecule has 2 aliphatic heterocycles. The molecule has 0 radical (unpaired) electrons. The Hall–Kier alpha value is -2.67. The Labute approximate surface area is 178 Å². The predicted molar refractivity (Wildman–Crippen MR) is 118 cm³/mol. The van der Waals surface area contributed by atoms with Crippen LogP contribution in [0.3, 0.4) is 0 Å². The molecule has 0 unspecified atom stereocenters. The number of aryl methyl sites for hydroxylation is 2. The first-order valence-corrected chi connectivity index (χ1v) is 10.8. The zero-order valence-corrected chi connectivity index (χ0v) is 18.3. The van der Waals surface area contributed by atoms with Crippen molar-refractivity contribution in [3.8, 4) is 0 Å². The van der Waals surface area contributed by atoms with Crippen molar-refractivity contribution < 1.29 is 9.53 Å². The Balaban J connectivity index is 1.54. The lowest BCUT2D eigenvalue weighted by molar-refractivity contribution is -0.00557. The fraction of sp³-hybridized carbons (Fsp3) is 0.522. The van der Waals surface area contributed by atoms with Crippen LogP contribution in [-0.2, 0) is 24.1 Å². The van der Waals surface area contributed by atoms with Crippen molar-refractivity contribution in [1.29, 1.82) is 0 Å². The molecule has 160 valence electrons. The minimum Gasteiger partial charge on any atom is -0.372 e. The van der Waals surface area contributed by atoms with Crippen molar-refractivity contribution in [2.45, 2.75) is 59.3 Å². The Bertz CT molecular complexity index is 905. The molecule has 1 aromatic heterocycles. The number of anilines is 2. The number of rotatable bonds is 3. The standard InChI is InChI=1S/C23H31N5O2/c1-5-18-6-8-19(9-7-18)26-23(29)27-11-10-21-20(14-27)22(25-17(4)24-21)28-12-15(2)30-16(3)13-28/h6-9,15-16H,5,10-14H2,1-4H3,(H,26,29)/t15-,16-/m1/s1. The number of benzene rings is 1. The molecule has 2 aromatic rings. The van der Waals surface area contributed by atoms with E-state index in [-0.39, 0.29) is 18.2 Å². The average Bonchev–Trinajstić information content (AvgIpc) is 2.72. The second kappa shape index (κ2) is 8.60. The highest BCUT2D eigenvalue weighted by Crippen LogP contribution is 2.29. The number of ether oxygens (including phenoxy) is 1. The number of carbonyl (C=O) groups excluding carboxylic acids is 1. The summed E-state index contributed by atoms with van der Waals surface area (Å²) in [6.07, 6.45) is 2.02. The van der Waals surface area contributed by atoms with Gasteiger partial charge in [0.2, 0.25) is 0 Å². The van der Waals surface area contributed by atoms with E-state index in [2.05, 4.69) is 48.1 Å². The van der Waals surface area contributed by atoms with Crippen molar-refractivity contribution >= 4 is 17.5 Å². The fourth-order valence-electron chi connectivity index (χ4n) is 4.33. The minimum atomic E-state index is -0.0832. The molecular formula is C23H31N5O2. The number of urea groups is 1. The van der Waals surface area contributed by atoms with E-state index in [1.165, 1.54) is 5.56 Å². The first-order chi connectivity index (χ1) is 14.4. The number of hydrogen-bond donors (Lipinski definition) is 1. The molecule has 2 amide bonds. The molecule has 0 bridgehead atoms. The molecule has 3 heterocycles. The Morgan fingerprint density at radius 1 is 1.17 bits per heavy atom. The third-order valence-electron chi connectivity index (χ3n) is 5.77. The number of nitrogens with one attached hydrogen (secondary N) is 1. The second-order valence-electron chi connectivity index (χ2n) is 8.33. The molecule has 1 aromatic carbocycles. The van der Waals surface area contributed by atoms with Gasteiger partial charge in [0.15, 0.2) is 0 Å². The monoisotopic (exact) mass is 409 g/mol. The summed E-state index contributed by atoms with van der Waals surface area (Å²) in [6.45, 7) is 11.0. The molecule has 2 aliphatic rings. The van der Waals surface area contributed by atoms with E-state index in [4.69, 9.17) is 9.72 Å². The molecule has 7 heteroatoms. The number of morpholine rings is 1. The summed E-state index contributed by atoms with van der Waals surface area (Å²) < 4.78 is 5.89. The van der Waals surface area contributed by atoms with Crippen LogP contribution < -0.4 is 10.2 Å². The van der Waals surface area contributed by atoms with Crippen LogP contribution in [0, 0.1) is 6.92 Å². The number of carbonyl (C=O) groups is 1. The van der Waals surface area contributed by atoms with Crippen LogP contribution in [0.5, 0.6) is 0 Å². The van der Waals surface area contributed by atoms with Crippen molar-refractivity contribution in [3.63, 3.8) is 0 Å². The van der Waals surface area contributed by atoms with E-state index in [9.17, 15) is 4.79 Å². The Kier molecular flexibility index (Phi) is 5.90. The summed E-state index contributed by atoms with van der Waals surface area (Å²) in [5.74, 6) is 1.73. The van der Waals surface area contributed by atoms with Gasteiger partial charge in [-0.05, 0) is 44.9 Å². The molecule has 0 spiro atoms. The third kappa shape index (κ3) is 4.41. The van der Waals surface area contributed by atoms with Crippen LogP contribution in [0.4, 0.5) is 16.3 Å². The SMILES string of the molecule is CCc1ccc(NC(=O)N2CCc3nc(C)nc(N4C[C@@H](C)O[C@H](C)C4)c3C2)cc1. The Morgan fingerprint density at radius 3 is 2.53 bits per heavy atom. The summed E-state index contributed by atoms with van der Waals surface area (Å²) in [5, 5.41) is 3.03. The quantitative estimate of drug-likeness (QED) is 0.839. The molecule has 1 fully saturated rings. The lowest BCUT2D eigenvalue weighted by atomic mass is 10.0. The average molecular weight is 410 g/mol. The van der Waals surface area contributed by atoms with Crippen molar-refractivity contribution in [2.75, 3.05) is 29.9 Å². The highest BCUT2D eigenvalue weighted by molar-refractivity contribution is 5.89. The number of nitrogens with zero attached hydrogens (tertiary/aromatic N) is 4. The van der Waals surface area contributed by atoms with Gasteiger partial charge in [0.1, 0.15) is 11.6 Å². The molecule has 7 nitrogen and oxygen atoms in total. The summed E-state index contributed by atoms with van der Waals surface area (Å²) >= 11 is 0. The molecule has 30 heavy (non-hydrogen) atoms. The second-order valence-corrected chi connectivity index (χ2v) is 8.33. The molecule has 0 aliphatic carbocycles. The van der Waals surface area contributed by atoms with E-state index < -0.39 is 0 Å². The Morgan fingerprint density at radius 2 is 1.87 bits per heavy atom. The van der Waals surface area contributed by atoms with E-state index in [1.54, 1.807) is 0 Å². The number of hydrogen-bond acceptors (Lipinski definition) is 5. The number of fused-ring (bicyclic) bond motifs is 1. The highest BCUT2D eigenvalue weighted by atomic mass is 16.5. The van der Waals surface area contributed by atoms with Crippen LogP contribution in [-0.4, -0.2) is 52.7 Å². The fourth-order valence-corrected chi connectivity index (χ4v) is 4.33. The largest absolute Gasteiger partial charge is 0.372 e. The van der Waals surface area contributed by atoms with Gasteiger partial charge in [-0.15, -0.1) is 0 Å². The zero-order valence-electron chi connectivity index (χ0n) is 18.3. The summed E-state index contributed by atoms with van der Waals surface area (Å²) in [5.41, 5.74) is 4.19. The van der Waals surface area contributed by atoms with Crippen molar-refractivity contribution in [1.82, 2.24) is 14.9 Å². The number of amides is 2. The van der Waals surface area contributed by atoms with Crippen molar-refractivity contribution in [2.24, 2.45) is 0 Å². The maximum Gasteiger partial charge on any atom is 0.322 e. The molecule has 1 N–H and O–H groups in total. The first-order valence-electron chi connectivity index (χ1n) is 10.8. The van der Waals surface area contributed by atoms with Crippen molar-refractivity contribution in [3.05, 3.63) is 46.9 Å². The maximum atomic E-state index is 12.9. The molecule has 1 saturated heterocycles. The van der Waals surface area contributed by atoms with Gasteiger partial charge >= 0.3 is 6.03 Å². The van der Waals surface area contributed by atoms with Gasteiger partial charge < -0.3 is 19.9 Å². The van der Waals surface area contributed by atoms with E-state index >= 15 is 0 Å². The van der Waals surface area contributed by atoms with Gasteiger partial charge in [-0.25, -0.2) is 14.8 Å². The summed E-state index contributed by atoms with van der Waals surface area (Å²) in [7, 11) is 0. The lowest BCUT2D eigenvalue weighted by Crippen LogP contribution is -2.47. The van der Waals surface area contributed by atoms with E-state index in [0.717, 1.165) is 54.5 Å². The lowest BCUT2D eigenvalue weighted by Gasteiger charge is -2.38. The van der Waals surface area contributed by atoms with Gasteiger partial charge in [-0.1, -0.05) is 19.1 Å². The first kappa shape index (κ1) is 20.6. The third-order valence-corrected chi connectivity index (χ3v) is 5.77. The van der Waals surface area contributed by atoms with Gasteiger partial charge in [0, 0.05) is 37.3 Å². The van der Waals surface area contributed by atoms with Gasteiger partial charge in [0.25, 0.3) is 0 Å². The normalized spacial score (nSPS) is 21.3. The molecule has 4 rings (SSSR count). The van der Waals surface area contributed by atoms with Gasteiger partial charge in [-0.2, -0.15) is 0 Å². The topological polar surface area (TPSA) is 70.6 Å². The minimum absolute atomic E-state index is 0.0832. The zero-order chi connectivity index (χ0) is 21.3.